The Morgan fingerprint density at radius 1 is 1.26 bits per heavy atom. The number of ether oxygens (including phenoxy) is 3. The Hall–Kier alpha value is -1.57. The third kappa shape index (κ3) is 4.90. The lowest BCUT2D eigenvalue weighted by Gasteiger charge is -2.22. The molecule has 1 aromatic carbocycles. The fourth-order valence-electron chi connectivity index (χ4n) is 2.00. The van der Waals surface area contributed by atoms with Crippen molar-refractivity contribution in [2.24, 2.45) is 0 Å². The van der Waals surface area contributed by atoms with Crippen LogP contribution in [-0.2, 0) is 9.47 Å². The summed E-state index contributed by atoms with van der Waals surface area (Å²) in [5.74, 6) is 0.741. The summed E-state index contributed by atoms with van der Waals surface area (Å²) in [6.07, 6.45) is 3.18. The van der Waals surface area contributed by atoms with Crippen LogP contribution < -0.4 is 4.74 Å². The van der Waals surface area contributed by atoms with E-state index < -0.39 is 0 Å². The van der Waals surface area contributed by atoms with Crippen LogP contribution in [-0.4, -0.2) is 32.5 Å². The number of hydrogen-bond acceptors (Lipinski definition) is 4. The van der Waals surface area contributed by atoms with Gasteiger partial charge in [0.15, 0.2) is 0 Å². The van der Waals surface area contributed by atoms with E-state index in [0.717, 1.165) is 38.2 Å². The number of hydrogen-bond donors (Lipinski definition) is 0. The fourth-order valence-corrected chi connectivity index (χ4v) is 2.00. The second-order valence-electron chi connectivity index (χ2n) is 4.52. The minimum Gasteiger partial charge on any atom is -0.493 e. The monoisotopic (exact) mass is 261 g/mol. The zero-order valence-corrected chi connectivity index (χ0v) is 11.0. The van der Waals surface area contributed by atoms with Crippen molar-refractivity contribution in [1.29, 1.82) is 5.26 Å². The van der Waals surface area contributed by atoms with Crippen LogP contribution in [0.2, 0.25) is 0 Å². The summed E-state index contributed by atoms with van der Waals surface area (Å²) in [5.41, 5.74) is 0.621. The highest BCUT2D eigenvalue weighted by atomic mass is 16.5. The first-order valence-electron chi connectivity index (χ1n) is 6.71. The quantitative estimate of drug-likeness (QED) is 0.738. The van der Waals surface area contributed by atoms with Crippen LogP contribution in [0, 0.1) is 11.3 Å². The van der Waals surface area contributed by atoms with Gasteiger partial charge in [0.1, 0.15) is 5.75 Å². The number of nitriles is 1. The molecule has 0 atom stereocenters. The molecule has 1 aromatic rings. The van der Waals surface area contributed by atoms with Gasteiger partial charge in [-0.2, -0.15) is 5.26 Å². The molecule has 1 aliphatic rings. The van der Waals surface area contributed by atoms with Crippen LogP contribution in [0.5, 0.6) is 5.75 Å². The zero-order chi connectivity index (χ0) is 13.3. The van der Waals surface area contributed by atoms with Gasteiger partial charge in [-0.3, -0.25) is 0 Å². The van der Waals surface area contributed by atoms with Gasteiger partial charge in [-0.1, -0.05) is 6.07 Å². The van der Waals surface area contributed by atoms with E-state index in [1.54, 1.807) is 12.1 Å². The Balaban J connectivity index is 1.59. The Morgan fingerprint density at radius 3 is 2.89 bits per heavy atom. The topological polar surface area (TPSA) is 51.5 Å². The first kappa shape index (κ1) is 13.9. The maximum absolute atomic E-state index is 8.78. The number of nitrogens with zero attached hydrogens (tertiary/aromatic N) is 1. The van der Waals surface area contributed by atoms with E-state index in [1.807, 2.05) is 12.1 Å². The van der Waals surface area contributed by atoms with Crippen LogP contribution >= 0.6 is 0 Å². The first-order chi connectivity index (χ1) is 9.38. The van der Waals surface area contributed by atoms with Gasteiger partial charge in [-0.25, -0.2) is 0 Å². The van der Waals surface area contributed by atoms with Crippen LogP contribution in [0.4, 0.5) is 0 Å². The van der Waals surface area contributed by atoms with Crippen molar-refractivity contribution in [3.8, 4) is 11.8 Å². The third-order valence-electron chi connectivity index (χ3n) is 3.04. The summed E-state index contributed by atoms with van der Waals surface area (Å²) in [5, 5.41) is 8.78. The zero-order valence-electron chi connectivity index (χ0n) is 11.0. The summed E-state index contributed by atoms with van der Waals surface area (Å²) in [4.78, 5) is 0. The lowest BCUT2D eigenvalue weighted by molar-refractivity contribution is -0.0341. The van der Waals surface area contributed by atoms with Gasteiger partial charge >= 0.3 is 0 Å². The molecule has 1 saturated heterocycles. The molecule has 1 fully saturated rings. The van der Waals surface area contributed by atoms with E-state index >= 15 is 0 Å². The van der Waals surface area contributed by atoms with Crippen molar-refractivity contribution in [3.63, 3.8) is 0 Å². The molecule has 1 aliphatic heterocycles. The number of benzene rings is 1. The lowest BCUT2D eigenvalue weighted by Crippen LogP contribution is -2.24. The van der Waals surface area contributed by atoms with E-state index in [0.29, 0.717) is 24.9 Å². The molecular formula is C15H19NO3. The maximum atomic E-state index is 8.78. The maximum Gasteiger partial charge on any atom is 0.120 e. The van der Waals surface area contributed by atoms with Gasteiger partial charge in [0.05, 0.1) is 31.0 Å². The summed E-state index contributed by atoms with van der Waals surface area (Å²) < 4.78 is 16.6. The summed E-state index contributed by atoms with van der Waals surface area (Å²) in [6.45, 7) is 2.94. The SMILES string of the molecule is N#Cc1cccc(OCCCOC2CCOCC2)c1. The Bertz CT molecular complexity index is 422. The smallest absolute Gasteiger partial charge is 0.120 e. The molecule has 4 heteroatoms. The van der Waals surface area contributed by atoms with Gasteiger partial charge in [0.25, 0.3) is 0 Å². The highest BCUT2D eigenvalue weighted by Gasteiger charge is 2.13. The molecule has 2 rings (SSSR count). The molecule has 102 valence electrons. The second-order valence-corrected chi connectivity index (χ2v) is 4.52. The predicted molar refractivity (Wildman–Crippen MR) is 71.1 cm³/mol. The van der Waals surface area contributed by atoms with Crippen LogP contribution in [0.25, 0.3) is 0 Å². The molecule has 0 N–H and O–H groups in total. The van der Waals surface area contributed by atoms with E-state index in [4.69, 9.17) is 19.5 Å². The van der Waals surface area contributed by atoms with Crippen molar-refractivity contribution in [1.82, 2.24) is 0 Å². The predicted octanol–water partition coefficient (Wildman–Crippen LogP) is 2.52. The van der Waals surface area contributed by atoms with Gasteiger partial charge in [-0.15, -0.1) is 0 Å². The molecule has 19 heavy (non-hydrogen) atoms. The molecule has 0 aromatic heterocycles. The van der Waals surface area contributed by atoms with Gasteiger partial charge in [0, 0.05) is 19.6 Å². The van der Waals surface area contributed by atoms with E-state index in [9.17, 15) is 0 Å². The average molecular weight is 261 g/mol. The highest BCUT2D eigenvalue weighted by Crippen LogP contribution is 2.13. The molecular weight excluding hydrogens is 242 g/mol. The van der Waals surface area contributed by atoms with Crippen molar-refractivity contribution in [2.45, 2.75) is 25.4 Å². The Kier molecular flexibility index (Phi) is 5.67. The lowest BCUT2D eigenvalue weighted by atomic mass is 10.1. The fraction of sp³-hybridized carbons (Fsp3) is 0.533. The Labute approximate surface area is 113 Å². The van der Waals surface area contributed by atoms with Gasteiger partial charge in [0.2, 0.25) is 0 Å². The number of rotatable bonds is 6. The minimum absolute atomic E-state index is 0.343. The second kappa shape index (κ2) is 7.78. The molecule has 0 amide bonds. The summed E-state index contributed by atoms with van der Waals surface area (Å²) >= 11 is 0. The molecule has 0 bridgehead atoms. The van der Waals surface area contributed by atoms with E-state index in [-0.39, 0.29) is 0 Å². The van der Waals surface area contributed by atoms with Crippen molar-refractivity contribution >= 4 is 0 Å². The molecule has 0 radical (unpaired) electrons. The average Bonchev–Trinajstić information content (AvgIpc) is 2.48. The largest absolute Gasteiger partial charge is 0.493 e. The van der Waals surface area contributed by atoms with Gasteiger partial charge < -0.3 is 14.2 Å². The highest BCUT2D eigenvalue weighted by molar-refractivity contribution is 5.36. The van der Waals surface area contributed by atoms with Crippen molar-refractivity contribution in [3.05, 3.63) is 29.8 Å². The minimum atomic E-state index is 0.343. The van der Waals surface area contributed by atoms with Crippen molar-refractivity contribution in [2.75, 3.05) is 26.4 Å². The third-order valence-corrected chi connectivity index (χ3v) is 3.04. The normalized spacial score (nSPS) is 15.9. The van der Waals surface area contributed by atoms with Crippen LogP contribution in [0.15, 0.2) is 24.3 Å². The van der Waals surface area contributed by atoms with Crippen LogP contribution in [0.3, 0.4) is 0 Å². The molecule has 1 heterocycles. The molecule has 0 unspecified atom stereocenters. The molecule has 0 saturated carbocycles. The summed E-state index contributed by atoms with van der Waals surface area (Å²) in [6, 6.07) is 9.30. The molecule has 4 nitrogen and oxygen atoms in total. The molecule has 0 spiro atoms. The van der Waals surface area contributed by atoms with Gasteiger partial charge in [-0.05, 0) is 31.0 Å². The van der Waals surface area contributed by atoms with Crippen molar-refractivity contribution < 1.29 is 14.2 Å². The summed E-state index contributed by atoms with van der Waals surface area (Å²) in [7, 11) is 0. The van der Waals surface area contributed by atoms with Crippen LogP contribution in [0.1, 0.15) is 24.8 Å². The Morgan fingerprint density at radius 2 is 2.11 bits per heavy atom. The first-order valence-corrected chi connectivity index (χ1v) is 6.71. The van der Waals surface area contributed by atoms with E-state index in [2.05, 4.69) is 6.07 Å². The van der Waals surface area contributed by atoms with E-state index in [1.165, 1.54) is 0 Å². The standard InChI is InChI=1S/C15H19NO3/c16-12-13-3-1-4-15(11-13)19-8-2-7-18-14-5-9-17-10-6-14/h1,3-4,11,14H,2,5-10H2. The molecule has 0 aliphatic carbocycles.